The van der Waals surface area contributed by atoms with E-state index in [1.807, 2.05) is 0 Å². The molecule has 0 saturated heterocycles. The van der Waals surface area contributed by atoms with E-state index >= 15 is 0 Å². The van der Waals surface area contributed by atoms with Gasteiger partial charge in [-0.2, -0.15) is 0 Å². The molecule has 0 aliphatic heterocycles. The van der Waals surface area contributed by atoms with Crippen LogP contribution in [-0.4, -0.2) is 21.8 Å². The van der Waals surface area contributed by atoms with Crippen molar-refractivity contribution in [2.24, 2.45) is 0 Å². The van der Waals surface area contributed by atoms with Gasteiger partial charge in [-0.15, -0.1) is 0 Å². The van der Waals surface area contributed by atoms with Crippen molar-refractivity contribution in [3.8, 4) is 11.3 Å². The molecule has 24 heavy (non-hydrogen) atoms. The van der Waals surface area contributed by atoms with Gasteiger partial charge < -0.3 is 4.52 Å². The Hall–Kier alpha value is -2.51. The SMILES string of the molecule is CC(=O)c1sc(NC(=O)c2cc(-c3ccc(Cl)cc3)on2)nc1C. The number of aromatic nitrogens is 2. The molecule has 0 saturated carbocycles. The minimum absolute atomic E-state index is 0.0861. The Morgan fingerprint density at radius 1 is 1.25 bits per heavy atom. The summed E-state index contributed by atoms with van der Waals surface area (Å²) < 4.78 is 5.19. The molecule has 2 aromatic heterocycles. The standard InChI is InChI=1S/C16H12ClN3O3S/c1-8-14(9(2)21)24-16(18-8)19-15(22)12-7-13(23-20-12)10-3-5-11(17)6-4-10/h3-7H,1-2H3,(H,18,19,22). The Morgan fingerprint density at radius 3 is 2.58 bits per heavy atom. The van der Waals surface area contributed by atoms with Crippen molar-refractivity contribution in [2.45, 2.75) is 13.8 Å². The summed E-state index contributed by atoms with van der Waals surface area (Å²) in [4.78, 5) is 28.4. The van der Waals surface area contributed by atoms with E-state index in [4.69, 9.17) is 16.1 Å². The number of benzene rings is 1. The van der Waals surface area contributed by atoms with Crippen LogP contribution in [0, 0.1) is 6.92 Å². The molecule has 2 heterocycles. The lowest BCUT2D eigenvalue weighted by atomic mass is 10.1. The quantitative estimate of drug-likeness (QED) is 0.703. The van der Waals surface area contributed by atoms with Crippen molar-refractivity contribution in [3.63, 3.8) is 0 Å². The average molecular weight is 362 g/mol. The molecular formula is C16H12ClN3O3S. The first-order valence-electron chi connectivity index (χ1n) is 6.96. The predicted molar refractivity (Wildman–Crippen MR) is 91.8 cm³/mol. The highest BCUT2D eigenvalue weighted by atomic mass is 35.5. The molecule has 0 spiro atoms. The van der Waals surface area contributed by atoms with Gasteiger partial charge in [-0.3, -0.25) is 14.9 Å². The van der Waals surface area contributed by atoms with Crippen LogP contribution in [0.15, 0.2) is 34.9 Å². The minimum Gasteiger partial charge on any atom is -0.355 e. The van der Waals surface area contributed by atoms with Crippen molar-refractivity contribution < 1.29 is 14.1 Å². The molecular weight excluding hydrogens is 350 g/mol. The lowest BCUT2D eigenvalue weighted by Crippen LogP contribution is -2.11. The summed E-state index contributed by atoms with van der Waals surface area (Å²) in [6, 6.07) is 8.52. The summed E-state index contributed by atoms with van der Waals surface area (Å²) >= 11 is 6.97. The summed E-state index contributed by atoms with van der Waals surface area (Å²) in [5, 5.41) is 7.34. The summed E-state index contributed by atoms with van der Waals surface area (Å²) in [5.74, 6) is -0.0867. The van der Waals surface area contributed by atoms with Crippen LogP contribution in [0.2, 0.25) is 5.02 Å². The summed E-state index contributed by atoms with van der Waals surface area (Å²) in [6.07, 6.45) is 0. The van der Waals surface area contributed by atoms with E-state index in [2.05, 4.69) is 15.5 Å². The third kappa shape index (κ3) is 3.37. The molecule has 8 heteroatoms. The van der Waals surface area contributed by atoms with Crippen LogP contribution in [0.1, 0.15) is 32.8 Å². The van der Waals surface area contributed by atoms with Crippen LogP contribution >= 0.6 is 22.9 Å². The van der Waals surface area contributed by atoms with Gasteiger partial charge in [-0.25, -0.2) is 4.98 Å². The number of nitrogens with one attached hydrogen (secondary N) is 1. The number of aryl methyl sites for hydroxylation is 1. The van der Waals surface area contributed by atoms with Gasteiger partial charge in [0.1, 0.15) is 0 Å². The first-order chi connectivity index (χ1) is 11.4. The van der Waals surface area contributed by atoms with Gasteiger partial charge >= 0.3 is 0 Å². The molecule has 0 aliphatic carbocycles. The third-order valence-electron chi connectivity index (χ3n) is 3.21. The molecule has 0 radical (unpaired) electrons. The average Bonchev–Trinajstić information content (AvgIpc) is 3.15. The third-order valence-corrected chi connectivity index (χ3v) is 4.63. The van der Waals surface area contributed by atoms with Gasteiger partial charge in [0.25, 0.3) is 5.91 Å². The van der Waals surface area contributed by atoms with Gasteiger partial charge in [0, 0.05) is 23.6 Å². The zero-order valence-corrected chi connectivity index (χ0v) is 14.4. The smallest absolute Gasteiger partial charge is 0.279 e. The molecule has 1 amide bonds. The number of nitrogens with zero attached hydrogens (tertiary/aromatic N) is 2. The molecule has 0 atom stereocenters. The monoisotopic (exact) mass is 361 g/mol. The Kier molecular flexibility index (Phi) is 4.46. The fourth-order valence-electron chi connectivity index (χ4n) is 2.07. The number of hydrogen-bond donors (Lipinski definition) is 1. The highest BCUT2D eigenvalue weighted by molar-refractivity contribution is 7.17. The van der Waals surface area contributed by atoms with Crippen LogP contribution in [-0.2, 0) is 0 Å². The highest BCUT2D eigenvalue weighted by Crippen LogP contribution is 2.25. The maximum absolute atomic E-state index is 12.2. The second-order valence-corrected chi connectivity index (χ2v) is 6.46. The molecule has 0 fully saturated rings. The van der Waals surface area contributed by atoms with Crippen molar-refractivity contribution >= 4 is 39.8 Å². The molecule has 1 aromatic carbocycles. The van der Waals surface area contributed by atoms with E-state index < -0.39 is 5.91 Å². The zero-order valence-electron chi connectivity index (χ0n) is 12.8. The molecule has 1 N–H and O–H groups in total. The van der Waals surface area contributed by atoms with Crippen LogP contribution in [0.3, 0.4) is 0 Å². The Bertz CT molecular complexity index is 915. The second kappa shape index (κ2) is 6.54. The van der Waals surface area contributed by atoms with Crippen molar-refractivity contribution in [3.05, 3.63) is 51.6 Å². The van der Waals surface area contributed by atoms with Gasteiger partial charge in [0.15, 0.2) is 22.4 Å². The van der Waals surface area contributed by atoms with Crippen LogP contribution in [0.5, 0.6) is 0 Å². The normalized spacial score (nSPS) is 10.6. The largest absolute Gasteiger partial charge is 0.355 e. The van der Waals surface area contributed by atoms with Crippen LogP contribution in [0.25, 0.3) is 11.3 Å². The fraction of sp³-hybridized carbons (Fsp3) is 0.125. The van der Waals surface area contributed by atoms with E-state index in [1.165, 1.54) is 13.0 Å². The first kappa shape index (κ1) is 16.4. The Morgan fingerprint density at radius 2 is 1.96 bits per heavy atom. The number of carbonyl (C=O) groups is 2. The molecule has 122 valence electrons. The van der Waals surface area contributed by atoms with Gasteiger partial charge in [-0.05, 0) is 31.2 Å². The topological polar surface area (TPSA) is 85.1 Å². The van der Waals surface area contributed by atoms with Crippen molar-refractivity contribution in [2.75, 3.05) is 5.32 Å². The number of ketones is 1. The molecule has 3 aromatic rings. The summed E-state index contributed by atoms with van der Waals surface area (Å²) in [6.45, 7) is 3.18. The predicted octanol–water partition coefficient (Wildman–Crippen LogP) is 4.21. The fourth-order valence-corrected chi connectivity index (χ4v) is 3.05. The first-order valence-corrected chi connectivity index (χ1v) is 8.16. The number of halogens is 1. The lowest BCUT2D eigenvalue weighted by molar-refractivity contribution is 0.101. The minimum atomic E-state index is -0.456. The maximum atomic E-state index is 12.2. The Labute approximate surface area is 146 Å². The number of anilines is 1. The summed E-state index contributed by atoms with van der Waals surface area (Å²) in [7, 11) is 0. The molecule has 3 rings (SSSR count). The molecule has 0 unspecified atom stereocenters. The number of carbonyl (C=O) groups excluding carboxylic acids is 2. The molecule has 0 aliphatic rings. The number of Topliss-reactive ketones (excluding diaryl/α,β-unsaturated/α-hetero) is 1. The summed E-state index contributed by atoms with van der Waals surface area (Å²) in [5.41, 5.74) is 1.47. The van der Waals surface area contributed by atoms with E-state index in [-0.39, 0.29) is 11.5 Å². The van der Waals surface area contributed by atoms with Crippen molar-refractivity contribution in [1.29, 1.82) is 0 Å². The number of thiazole rings is 1. The van der Waals surface area contributed by atoms with Gasteiger partial charge in [-0.1, -0.05) is 28.1 Å². The highest BCUT2D eigenvalue weighted by Gasteiger charge is 2.17. The number of amides is 1. The lowest BCUT2D eigenvalue weighted by Gasteiger charge is -1.96. The van der Waals surface area contributed by atoms with Gasteiger partial charge in [0.05, 0.1) is 10.6 Å². The second-order valence-electron chi connectivity index (χ2n) is 5.03. The Balaban J connectivity index is 1.77. The van der Waals surface area contributed by atoms with E-state index in [1.54, 1.807) is 31.2 Å². The molecule has 0 bridgehead atoms. The number of rotatable bonds is 4. The maximum Gasteiger partial charge on any atom is 0.279 e. The molecule has 6 nitrogen and oxygen atoms in total. The number of hydrogen-bond acceptors (Lipinski definition) is 6. The van der Waals surface area contributed by atoms with E-state index in [0.29, 0.717) is 26.5 Å². The van der Waals surface area contributed by atoms with E-state index in [9.17, 15) is 9.59 Å². The van der Waals surface area contributed by atoms with Crippen LogP contribution in [0.4, 0.5) is 5.13 Å². The van der Waals surface area contributed by atoms with Crippen molar-refractivity contribution in [1.82, 2.24) is 10.1 Å². The van der Waals surface area contributed by atoms with Crippen LogP contribution < -0.4 is 5.32 Å². The van der Waals surface area contributed by atoms with Gasteiger partial charge in [0.2, 0.25) is 0 Å². The van der Waals surface area contributed by atoms with E-state index in [0.717, 1.165) is 16.9 Å². The zero-order chi connectivity index (χ0) is 17.3.